The summed E-state index contributed by atoms with van der Waals surface area (Å²) < 4.78 is 16.5. The van der Waals surface area contributed by atoms with E-state index in [-0.39, 0.29) is 17.6 Å². The van der Waals surface area contributed by atoms with Gasteiger partial charge < -0.3 is 24.8 Å². The molecule has 1 amide bonds. The van der Waals surface area contributed by atoms with E-state index in [2.05, 4.69) is 10.6 Å². The van der Waals surface area contributed by atoms with E-state index < -0.39 is 0 Å². The van der Waals surface area contributed by atoms with Crippen LogP contribution in [-0.4, -0.2) is 51.5 Å². The maximum Gasteiger partial charge on any atom is 0.255 e. The van der Waals surface area contributed by atoms with Gasteiger partial charge in [0, 0.05) is 0 Å². The summed E-state index contributed by atoms with van der Waals surface area (Å²) in [5.41, 5.74) is 0.417. The van der Waals surface area contributed by atoms with E-state index in [0.717, 1.165) is 32.4 Å². The Morgan fingerprint density at radius 1 is 1.30 bits per heavy atom. The summed E-state index contributed by atoms with van der Waals surface area (Å²) in [6.07, 6.45) is 2.87. The van der Waals surface area contributed by atoms with Crippen LogP contribution in [0.5, 0.6) is 11.5 Å². The number of hydrogen-bond acceptors (Lipinski definition) is 5. The normalized spacial score (nSPS) is 22.8. The molecule has 0 bridgehead atoms. The predicted molar refractivity (Wildman–Crippen MR) is 86.2 cm³/mol. The molecular formula is C17H24N2O4. The van der Waals surface area contributed by atoms with Gasteiger partial charge in [-0.1, -0.05) is 0 Å². The molecule has 0 aliphatic carbocycles. The summed E-state index contributed by atoms with van der Waals surface area (Å²) >= 11 is 0. The molecule has 2 saturated heterocycles. The number of carbonyl (C=O) groups is 1. The first-order chi connectivity index (χ1) is 11.2. The fourth-order valence-electron chi connectivity index (χ4n) is 3.42. The molecule has 1 aromatic carbocycles. The van der Waals surface area contributed by atoms with Crippen molar-refractivity contribution >= 4 is 5.91 Å². The lowest BCUT2D eigenvalue weighted by molar-refractivity contribution is -0.0194. The molecular weight excluding hydrogens is 296 g/mol. The van der Waals surface area contributed by atoms with Gasteiger partial charge in [-0.05, 0) is 50.6 Å². The number of ether oxygens (including phenoxy) is 3. The molecule has 3 rings (SSSR count). The van der Waals surface area contributed by atoms with Crippen molar-refractivity contribution < 1.29 is 19.0 Å². The van der Waals surface area contributed by atoms with Crippen LogP contribution in [0.3, 0.4) is 0 Å². The van der Waals surface area contributed by atoms with Gasteiger partial charge in [-0.2, -0.15) is 0 Å². The van der Waals surface area contributed by atoms with Gasteiger partial charge in [-0.3, -0.25) is 4.79 Å². The Morgan fingerprint density at radius 2 is 2.09 bits per heavy atom. The first-order valence-electron chi connectivity index (χ1n) is 8.03. The van der Waals surface area contributed by atoms with Crippen molar-refractivity contribution in [3.8, 4) is 11.5 Å². The van der Waals surface area contributed by atoms with E-state index in [9.17, 15) is 4.79 Å². The topological polar surface area (TPSA) is 68.8 Å². The van der Waals surface area contributed by atoms with Gasteiger partial charge in [0.25, 0.3) is 5.91 Å². The first kappa shape index (κ1) is 16.1. The third-order valence-corrected chi connectivity index (χ3v) is 4.71. The smallest absolute Gasteiger partial charge is 0.255 e. The van der Waals surface area contributed by atoms with Crippen LogP contribution in [0, 0.1) is 0 Å². The third kappa shape index (κ3) is 3.43. The van der Waals surface area contributed by atoms with Crippen molar-refractivity contribution in [3.63, 3.8) is 0 Å². The fourth-order valence-corrected chi connectivity index (χ4v) is 3.42. The largest absolute Gasteiger partial charge is 0.497 e. The molecule has 0 aromatic heterocycles. The molecule has 0 unspecified atom stereocenters. The highest BCUT2D eigenvalue weighted by atomic mass is 16.5. The van der Waals surface area contributed by atoms with Crippen LogP contribution in [0.1, 0.15) is 29.6 Å². The molecule has 6 nitrogen and oxygen atoms in total. The Labute approximate surface area is 136 Å². The van der Waals surface area contributed by atoms with E-state index in [4.69, 9.17) is 14.2 Å². The molecule has 2 aliphatic rings. The summed E-state index contributed by atoms with van der Waals surface area (Å²) in [5.74, 6) is 1.02. The van der Waals surface area contributed by atoms with E-state index in [1.807, 2.05) is 0 Å². The van der Waals surface area contributed by atoms with Crippen molar-refractivity contribution in [2.75, 3.05) is 33.9 Å². The number of hydrogen-bond donors (Lipinski definition) is 2. The van der Waals surface area contributed by atoms with Crippen molar-refractivity contribution in [2.24, 2.45) is 0 Å². The van der Waals surface area contributed by atoms with Crippen molar-refractivity contribution in [2.45, 2.75) is 30.9 Å². The SMILES string of the molecule is COc1ccc(OC)c(C(=O)N[C@H]2COC3(CCNCC3)C2)c1. The average molecular weight is 320 g/mol. The molecule has 2 fully saturated rings. The quantitative estimate of drug-likeness (QED) is 0.876. The van der Waals surface area contributed by atoms with E-state index in [1.165, 1.54) is 0 Å². The third-order valence-electron chi connectivity index (χ3n) is 4.71. The molecule has 1 aromatic rings. The molecule has 2 heterocycles. The maximum atomic E-state index is 12.6. The maximum absolute atomic E-state index is 12.6. The van der Waals surface area contributed by atoms with Crippen LogP contribution in [0.4, 0.5) is 0 Å². The Kier molecular flexibility index (Phi) is 4.73. The summed E-state index contributed by atoms with van der Waals surface area (Å²) in [6, 6.07) is 5.26. The molecule has 23 heavy (non-hydrogen) atoms. The highest BCUT2D eigenvalue weighted by molar-refractivity contribution is 5.97. The molecule has 2 N–H and O–H groups in total. The lowest BCUT2D eigenvalue weighted by Crippen LogP contribution is -2.43. The predicted octanol–water partition coefficient (Wildman–Crippen LogP) is 1.34. The standard InChI is InChI=1S/C17H24N2O4/c1-21-13-3-4-15(22-2)14(9-13)16(20)19-12-10-17(23-11-12)5-7-18-8-6-17/h3-4,9,12,18H,5-8,10-11H2,1-2H3,(H,19,20)/t12-/m1/s1. The van der Waals surface area contributed by atoms with E-state index in [1.54, 1.807) is 32.4 Å². The van der Waals surface area contributed by atoms with Gasteiger partial charge in [-0.15, -0.1) is 0 Å². The number of benzene rings is 1. The Balaban J connectivity index is 1.68. The van der Waals surface area contributed by atoms with Gasteiger partial charge in [0.05, 0.1) is 38.0 Å². The van der Waals surface area contributed by atoms with Gasteiger partial charge in [0.1, 0.15) is 11.5 Å². The van der Waals surface area contributed by atoms with Gasteiger partial charge >= 0.3 is 0 Å². The van der Waals surface area contributed by atoms with Crippen LogP contribution in [0.2, 0.25) is 0 Å². The lowest BCUT2D eigenvalue weighted by atomic mass is 9.88. The minimum absolute atomic E-state index is 0.0384. The van der Waals surface area contributed by atoms with Gasteiger partial charge in [-0.25, -0.2) is 0 Å². The zero-order chi connectivity index (χ0) is 16.3. The van der Waals surface area contributed by atoms with Crippen LogP contribution in [-0.2, 0) is 4.74 Å². The number of rotatable bonds is 4. The molecule has 0 radical (unpaired) electrons. The number of carbonyl (C=O) groups excluding carboxylic acids is 1. The molecule has 0 saturated carbocycles. The highest BCUT2D eigenvalue weighted by Crippen LogP contribution is 2.34. The Bertz CT molecular complexity index is 570. The minimum Gasteiger partial charge on any atom is -0.497 e. The zero-order valence-electron chi connectivity index (χ0n) is 13.7. The second kappa shape index (κ2) is 6.76. The van der Waals surface area contributed by atoms with Gasteiger partial charge in [0.15, 0.2) is 0 Å². The Morgan fingerprint density at radius 3 is 2.78 bits per heavy atom. The summed E-state index contributed by atoms with van der Waals surface area (Å²) in [5, 5.41) is 6.42. The summed E-state index contributed by atoms with van der Waals surface area (Å²) in [4.78, 5) is 12.6. The van der Waals surface area contributed by atoms with Crippen molar-refractivity contribution in [1.82, 2.24) is 10.6 Å². The number of nitrogens with one attached hydrogen (secondary N) is 2. The Hall–Kier alpha value is -1.79. The van der Waals surface area contributed by atoms with Crippen molar-refractivity contribution in [3.05, 3.63) is 23.8 Å². The number of amides is 1. The van der Waals surface area contributed by atoms with Crippen molar-refractivity contribution in [1.29, 1.82) is 0 Å². The second-order valence-electron chi connectivity index (χ2n) is 6.18. The van der Waals surface area contributed by atoms with E-state index in [0.29, 0.717) is 23.7 Å². The second-order valence-corrected chi connectivity index (χ2v) is 6.18. The molecule has 126 valence electrons. The summed E-state index contributed by atoms with van der Waals surface area (Å²) in [6.45, 7) is 2.52. The average Bonchev–Trinajstić information content (AvgIpc) is 2.96. The number of piperidine rings is 1. The van der Waals surface area contributed by atoms with Gasteiger partial charge in [0.2, 0.25) is 0 Å². The molecule has 1 atom stereocenters. The van der Waals surface area contributed by atoms with Crippen LogP contribution < -0.4 is 20.1 Å². The fraction of sp³-hybridized carbons (Fsp3) is 0.588. The molecule has 1 spiro atoms. The molecule has 2 aliphatic heterocycles. The first-order valence-corrected chi connectivity index (χ1v) is 8.03. The zero-order valence-corrected chi connectivity index (χ0v) is 13.7. The highest BCUT2D eigenvalue weighted by Gasteiger charge is 2.41. The number of methoxy groups -OCH3 is 2. The van der Waals surface area contributed by atoms with Crippen LogP contribution >= 0.6 is 0 Å². The van der Waals surface area contributed by atoms with Crippen LogP contribution in [0.25, 0.3) is 0 Å². The molecule has 6 heteroatoms. The minimum atomic E-state index is -0.152. The van der Waals surface area contributed by atoms with E-state index >= 15 is 0 Å². The lowest BCUT2D eigenvalue weighted by Gasteiger charge is -2.32. The van der Waals surface area contributed by atoms with Crippen LogP contribution in [0.15, 0.2) is 18.2 Å². The monoisotopic (exact) mass is 320 g/mol. The summed E-state index contributed by atoms with van der Waals surface area (Å²) in [7, 11) is 3.14.